The van der Waals surface area contributed by atoms with Gasteiger partial charge in [-0.05, 0) is 82.2 Å². The SMILES string of the molecule is CCCCCCCCC(CCCCCC)COC(=O)CCCC(=O)OCCC1CCN(CCCS)CC1. The molecule has 0 aromatic heterocycles. The Labute approximate surface area is 234 Å². The number of hydrogen-bond acceptors (Lipinski definition) is 6. The van der Waals surface area contributed by atoms with Gasteiger partial charge < -0.3 is 14.4 Å². The molecule has 1 unspecified atom stereocenters. The number of carbonyl (C=O) groups is 2. The van der Waals surface area contributed by atoms with E-state index < -0.39 is 0 Å². The van der Waals surface area contributed by atoms with Crippen LogP contribution in [-0.4, -0.2) is 55.4 Å². The van der Waals surface area contributed by atoms with Crippen LogP contribution in [-0.2, 0) is 19.1 Å². The predicted octanol–water partition coefficient (Wildman–Crippen LogP) is 8.00. The van der Waals surface area contributed by atoms with E-state index in [2.05, 4.69) is 31.4 Å². The molecular weight excluding hydrogens is 482 g/mol. The minimum atomic E-state index is -0.184. The van der Waals surface area contributed by atoms with Crippen LogP contribution in [0, 0.1) is 11.8 Å². The maximum Gasteiger partial charge on any atom is 0.305 e. The molecule has 0 aromatic carbocycles. The van der Waals surface area contributed by atoms with E-state index in [0.29, 0.717) is 44.3 Å². The van der Waals surface area contributed by atoms with Gasteiger partial charge in [-0.15, -0.1) is 0 Å². The number of unbranched alkanes of at least 4 members (excludes halogenated alkanes) is 8. The molecule has 218 valence electrons. The van der Waals surface area contributed by atoms with Gasteiger partial charge in [-0.1, -0.05) is 78.1 Å². The van der Waals surface area contributed by atoms with E-state index in [1.165, 1.54) is 77.0 Å². The summed E-state index contributed by atoms with van der Waals surface area (Å²) in [6.45, 7) is 8.97. The monoisotopic (exact) mass is 541 g/mol. The molecule has 1 fully saturated rings. The lowest BCUT2D eigenvalue weighted by Gasteiger charge is -2.31. The predicted molar refractivity (Wildman–Crippen MR) is 158 cm³/mol. The number of hydrogen-bond donors (Lipinski definition) is 1. The second-order valence-corrected chi connectivity index (χ2v) is 11.6. The fourth-order valence-corrected chi connectivity index (χ4v) is 5.39. The van der Waals surface area contributed by atoms with E-state index in [4.69, 9.17) is 9.47 Å². The van der Waals surface area contributed by atoms with Crippen molar-refractivity contribution in [2.45, 2.75) is 136 Å². The first kappa shape index (κ1) is 34.3. The summed E-state index contributed by atoms with van der Waals surface area (Å²) in [5.74, 6) is 1.73. The van der Waals surface area contributed by atoms with Gasteiger partial charge in [-0.2, -0.15) is 12.6 Å². The smallest absolute Gasteiger partial charge is 0.305 e. The Morgan fingerprint density at radius 2 is 1.35 bits per heavy atom. The Bertz CT molecular complexity index is 551. The van der Waals surface area contributed by atoms with Crippen molar-refractivity contribution in [3.8, 4) is 0 Å². The van der Waals surface area contributed by atoms with Crippen LogP contribution in [0.4, 0.5) is 0 Å². The summed E-state index contributed by atoms with van der Waals surface area (Å²) in [4.78, 5) is 26.9. The number of rotatable bonds is 24. The second-order valence-electron chi connectivity index (χ2n) is 11.2. The van der Waals surface area contributed by atoms with Gasteiger partial charge in [0.25, 0.3) is 0 Å². The zero-order valence-corrected chi connectivity index (χ0v) is 25.3. The van der Waals surface area contributed by atoms with E-state index in [-0.39, 0.29) is 11.9 Å². The normalized spacial score (nSPS) is 15.5. The van der Waals surface area contributed by atoms with Crippen molar-refractivity contribution in [3.05, 3.63) is 0 Å². The third-order valence-corrected chi connectivity index (χ3v) is 8.12. The average molecular weight is 542 g/mol. The maximum absolute atomic E-state index is 12.3. The summed E-state index contributed by atoms with van der Waals surface area (Å²) in [6.07, 6.45) is 20.8. The van der Waals surface area contributed by atoms with Gasteiger partial charge in [0.2, 0.25) is 0 Å². The Kier molecular flexibility index (Phi) is 22.5. The molecule has 0 spiro atoms. The largest absolute Gasteiger partial charge is 0.466 e. The molecule has 0 saturated carbocycles. The van der Waals surface area contributed by atoms with Gasteiger partial charge >= 0.3 is 11.9 Å². The Morgan fingerprint density at radius 3 is 1.97 bits per heavy atom. The third kappa shape index (κ3) is 19.9. The van der Waals surface area contributed by atoms with Gasteiger partial charge in [0.05, 0.1) is 13.2 Å². The highest BCUT2D eigenvalue weighted by Gasteiger charge is 2.19. The van der Waals surface area contributed by atoms with Crippen molar-refractivity contribution in [1.29, 1.82) is 0 Å². The fraction of sp³-hybridized carbons (Fsp3) is 0.935. The lowest BCUT2D eigenvalue weighted by Crippen LogP contribution is -2.34. The van der Waals surface area contributed by atoms with E-state index in [9.17, 15) is 9.59 Å². The molecule has 37 heavy (non-hydrogen) atoms. The highest BCUT2D eigenvalue weighted by Crippen LogP contribution is 2.21. The summed E-state index contributed by atoms with van der Waals surface area (Å²) >= 11 is 4.29. The van der Waals surface area contributed by atoms with Crippen molar-refractivity contribution >= 4 is 24.6 Å². The van der Waals surface area contributed by atoms with E-state index >= 15 is 0 Å². The fourth-order valence-electron chi connectivity index (χ4n) is 5.25. The molecular formula is C31H59NO4S. The molecule has 0 aliphatic carbocycles. The molecule has 5 nitrogen and oxygen atoms in total. The molecule has 0 N–H and O–H groups in total. The number of likely N-dealkylation sites (tertiary alicyclic amines) is 1. The van der Waals surface area contributed by atoms with Crippen LogP contribution >= 0.6 is 12.6 Å². The zero-order valence-electron chi connectivity index (χ0n) is 24.4. The summed E-state index contributed by atoms with van der Waals surface area (Å²) < 4.78 is 11.1. The number of piperidine rings is 1. The van der Waals surface area contributed by atoms with Crippen molar-refractivity contribution in [1.82, 2.24) is 4.90 Å². The van der Waals surface area contributed by atoms with Crippen LogP contribution in [0.15, 0.2) is 0 Å². The lowest BCUT2D eigenvalue weighted by atomic mass is 9.94. The quantitative estimate of drug-likeness (QED) is 0.0762. The summed E-state index contributed by atoms with van der Waals surface area (Å²) in [5.41, 5.74) is 0. The van der Waals surface area contributed by atoms with Crippen molar-refractivity contribution in [2.24, 2.45) is 11.8 Å². The number of ether oxygens (including phenoxy) is 2. The van der Waals surface area contributed by atoms with Crippen LogP contribution in [0.3, 0.4) is 0 Å². The number of nitrogens with zero attached hydrogens (tertiary/aromatic N) is 1. The van der Waals surface area contributed by atoms with Crippen molar-refractivity contribution in [3.63, 3.8) is 0 Å². The van der Waals surface area contributed by atoms with Crippen LogP contribution < -0.4 is 0 Å². The molecule has 1 aliphatic heterocycles. The van der Waals surface area contributed by atoms with Gasteiger partial charge in [-0.3, -0.25) is 9.59 Å². The molecule has 0 radical (unpaired) electrons. The highest BCUT2D eigenvalue weighted by molar-refractivity contribution is 7.80. The van der Waals surface area contributed by atoms with Crippen molar-refractivity contribution in [2.75, 3.05) is 38.6 Å². The number of carbonyl (C=O) groups excluding carboxylic acids is 2. The first-order valence-corrected chi connectivity index (χ1v) is 16.4. The van der Waals surface area contributed by atoms with Crippen LogP contribution in [0.5, 0.6) is 0 Å². The molecule has 0 amide bonds. The molecule has 1 rings (SSSR count). The average Bonchev–Trinajstić information content (AvgIpc) is 2.90. The van der Waals surface area contributed by atoms with E-state index in [1.807, 2.05) is 0 Å². The molecule has 1 aliphatic rings. The number of esters is 2. The topological polar surface area (TPSA) is 55.8 Å². The first-order chi connectivity index (χ1) is 18.1. The van der Waals surface area contributed by atoms with Gasteiger partial charge in [0, 0.05) is 12.8 Å². The van der Waals surface area contributed by atoms with Crippen LogP contribution in [0.2, 0.25) is 0 Å². The highest BCUT2D eigenvalue weighted by atomic mass is 32.1. The zero-order chi connectivity index (χ0) is 27.0. The molecule has 0 aromatic rings. The summed E-state index contributed by atoms with van der Waals surface area (Å²) in [6, 6.07) is 0. The second kappa shape index (κ2) is 24.3. The Balaban J connectivity index is 2.13. The van der Waals surface area contributed by atoms with Crippen molar-refractivity contribution < 1.29 is 19.1 Å². The maximum atomic E-state index is 12.3. The van der Waals surface area contributed by atoms with Gasteiger partial charge in [0.1, 0.15) is 0 Å². The molecule has 6 heteroatoms. The summed E-state index contributed by atoms with van der Waals surface area (Å²) in [5, 5.41) is 0. The van der Waals surface area contributed by atoms with Gasteiger partial charge in [-0.25, -0.2) is 0 Å². The van der Waals surface area contributed by atoms with E-state index in [1.54, 1.807) is 0 Å². The minimum absolute atomic E-state index is 0.168. The minimum Gasteiger partial charge on any atom is -0.466 e. The van der Waals surface area contributed by atoms with Gasteiger partial charge in [0.15, 0.2) is 0 Å². The molecule has 1 atom stereocenters. The lowest BCUT2D eigenvalue weighted by molar-refractivity contribution is -0.146. The molecule has 1 heterocycles. The van der Waals surface area contributed by atoms with E-state index in [0.717, 1.165) is 51.1 Å². The van der Waals surface area contributed by atoms with Crippen LogP contribution in [0.25, 0.3) is 0 Å². The van der Waals surface area contributed by atoms with Crippen LogP contribution in [0.1, 0.15) is 136 Å². The Morgan fingerprint density at radius 1 is 0.784 bits per heavy atom. The number of thiol groups is 1. The third-order valence-electron chi connectivity index (χ3n) is 7.80. The molecule has 0 bridgehead atoms. The first-order valence-electron chi connectivity index (χ1n) is 15.7. The Hall–Kier alpha value is -0.750. The summed E-state index contributed by atoms with van der Waals surface area (Å²) in [7, 11) is 0. The molecule has 1 saturated heterocycles. The standard InChI is InChI=1S/C31H59NO4S/c1-3-5-7-9-10-12-16-29(15-11-8-6-4-2)27-36-31(34)18-13-17-30(33)35-25-21-28-19-23-32(24-20-28)22-14-26-37/h28-29,37H,3-27H2,1-2H3.